The van der Waals surface area contributed by atoms with E-state index in [2.05, 4.69) is 15.5 Å². The maximum Gasteiger partial charge on any atom is 0.171 e. The van der Waals surface area contributed by atoms with Gasteiger partial charge in [0.25, 0.3) is 0 Å². The molecule has 2 rings (SSSR count). The predicted octanol–water partition coefficient (Wildman–Crippen LogP) is 2.71. The molecule has 0 saturated heterocycles. The van der Waals surface area contributed by atoms with Gasteiger partial charge in [-0.15, -0.1) is 10.2 Å². The van der Waals surface area contributed by atoms with E-state index in [1.54, 1.807) is 0 Å². The number of allylic oxidation sites excluding steroid dienone is 1. The molecule has 0 bridgehead atoms. The van der Waals surface area contributed by atoms with Crippen LogP contribution < -0.4 is 5.32 Å². The van der Waals surface area contributed by atoms with Gasteiger partial charge in [0, 0.05) is 44.4 Å². The van der Waals surface area contributed by atoms with E-state index < -0.39 is 0 Å². The number of azo groups is 1. The SMILES string of the molecule is CC1=CN(C)C=C(N=Nc2ccc(NCCO)cc2)N1C. The topological polar surface area (TPSA) is 63.5 Å². The number of anilines is 1. The van der Waals surface area contributed by atoms with Gasteiger partial charge in [0.15, 0.2) is 5.82 Å². The zero-order chi connectivity index (χ0) is 15.2. The summed E-state index contributed by atoms with van der Waals surface area (Å²) in [5.41, 5.74) is 2.85. The number of rotatable bonds is 5. The molecule has 112 valence electrons. The maximum atomic E-state index is 8.76. The molecular formula is C15H21N5O. The van der Waals surface area contributed by atoms with E-state index in [1.165, 1.54) is 0 Å². The molecule has 0 aliphatic carbocycles. The Labute approximate surface area is 125 Å². The van der Waals surface area contributed by atoms with Crippen LogP contribution in [0.1, 0.15) is 6.92 Å². The van der Waals surface area contributed by atoms with Crippen molar-refractivity contribution in [1.82, 2.24) is 9.80 Å². The first kappa shape index (κ1) is 15.1. The minimum Gasteiger partial charge on any atom is -0.395 e. The Hall–Kier alpha value is -2.34. The van der Waals surface area contributed by atoms with Gasteiger partial charge in [-0.05, 0) is 31.2 Å². The molecule has 0 aromatic heterocycles. The smallest absolute Gasteiger partial charge is 0.171 e. The Morgan fingerprint density at radius 3 is 2.48 bits per heavy atom. The van der Waals surface area contributed by atoms with Crippen LogP contribution >= 0.6 is 0 Å². The molecule has 2 N–H and O–H groups in total. The average molecular weight is 287 g/mol. The van der Waals surface area contributed by atoms with Gasteiger partial charge in [0.05, 0.1) is 12.3 Å². The molecular weight excluding hydrogens is 266 g/mol. The zero-order valence-corrected chi connectivity index (χ0v) is 12.6. The van der Waals surface area contributed by atoms with Gasteiger partial charge < -0.3 is 20.2 Å². The predicted molar refractivity (Wildman–Crippen MR) is 83.9 cm³/mol. The van der Waals surface area contributed by atoms with E-state index in [9.17, 15) is 0 Å². The lowest BCUT2D eigenvalue weighted by molar-refractivity contribution is 0.311. The summed E-state index contributed by atoms with van der Waals surface area (Å²) in [4.78, 5) is 3.95. The first-order valence-electron chi connectivity index (χ1n) is 6.82. The van der Waals surface area contributed by atoms with Crippen LogP contribution in [0.3, 0.4) is 0 Å². The second-order valence-electron chi connectivity index (χ2n) is 4.88. The number of hydrogen-bond acceptors (Lipinski definition) is 6. The van der Waals surface area contributed by atoms with Crippen molar-refractivity contribution in [2.75, 3.05) is 32.6 Å². The normalized spacial score (nSPS) is 15.2. The molecule has 21 heavy (non-hydrogen) atoms. The Bertz CT molecular complexity index is 562. The summed E-state index contributed by atoms with van der Waals surface area (Å²) in [5.74, 6) is 0.792. The van der Waals surface area contributed by atoms with Gasteiger partial charge >= 0.3 is 0 Å². The fourth-order valence-corrected chi connectivity index (χ4v) is 1.92. The van der Waals surface area contributed by atoms with Gasteiger partial charge in [0.1, 0.15) is 0 Å². The minimum atomic E-state index is 0.113. The van der Waals surface area contributed by atoms with E-state index >= 15 is 0 Å². The molecule has 0 fully saturated rings. The summed E-state index contributed by atoms with van der Waals surface area (Å²) < 4.78 is 0. The second kappa shape index (κ2) is 6.90. The van der Waals surface area contributed by atoms with Gasteiger partial charge in [-0.3, -0.25) is 0 Å². The van der Waals surface area contributed by atoms with Gasteiger partial charge in [0.2, 0.25) is 0 Å². The monoisotopic (exact) mass is 287 g/mol. The number of nitrogens with one attached hydrogen (secondary N) is 1. The summed E-state index contributed by atoms with van der Waals surface area (Å²) in [6.45, 7) is 2.68. The molecule has 1 aromatic rings. The van der Waals surface area contributed by atoms with Crippen molar-refractivity contribution in [2.24, 2.45) is 10.2 Å². The fourth-order valence-electron chi connectivity index (χ4n) is 1.92. The lowest BCUT2D eigenvalue weighted by Crippen LogP contribution is -2.22. The Kier molecular flexibility index (Phi) is 4.94. The molecule has 1 aromatic carbocycles. The van der Waals surface area contributed by atoms with Crippen molar-refractivity contribution in [3.63, 3.8) is 0 Å². The molecule has 0 amide bonds. The second-order valence-corrected chi connectivity index (χ2v) is 4.88. The number of benzene rings is 1. The van der Waals surface area contributed by atoms with Crippen LogP contribution in [0, 0.1) is 0 Å². The maximum absolute atomic E-state index is 8.76. The van der Waals surface area contributed by atoms with E-state index in [0.29, 0.717) is 6.54 Å². The van der Waals surface area contributed by atoms with Crippen LogP contribution in [0.25, 0.3) is 0 Å². The molecule has 6 heteroatoms. The van der Waals surface area contributed by atoms with Gasteiger partial charge in [-0.1, -0.05) is 0 Å². The van der Waals surface area contributed by atoms with Crippen LogP contribution in [-0.2, 0) is 0 Å². The minimum absolute atomic E-state index is 0.113. The molecule has 0 spiro atoms. The highest BCUT2D eigenvalue weighted by Crippen LogP contribution is 2.21. The first-order valence-corrected chi connectivity index (χ1v) is 6.82. The van der Waals surface area contributed by atoms with Crippen molar-refractivity contribution in [3.05, 3.63) is 48.2 Å². The molecule has 0 unspecified atom stereocenters. The van der Waals surface area contributed by atoms with Crippen LogP contribution in [-0.4, -0.2) is 42.2 Å². The Balaban J connectivity index is 2.04. The Morgan fingerprint density at radius 1 is 1.10 bits per heavy atom. The third-order valence-electron chi connectivity index (χ3n) is 3.16. The van der Waals surface area contributed by atoms with Crippen molar-refractivity contribution >= 4 is 11.4 Å². The summed E-state index contributed by atoms with van der Waals surface area (Å²) in [5, 5.41) is 20.4. The molecule has 0 radical (unpaired) electrons. The Morgan fingerprint density at radius 2 is 1.81 bits per heavy atom. The summed E-state index contributed by atoms with van der Waals surface area (Å²) >= 11 is 0. The van der Waals surface area contributed by atoms with Crippen LogP contribution in [0.2, 0.25) is 0 Å². The van der Waals surface area contributed by atoms with E-state index in [0.717, 1.165) is 22.9 Å². The highest BCUT2D eigenvalue weighted by Gasteiger charge is 2.11. The molecule has 1 heterocycles. The van der Waals surface area contributed by atoms with E-state index in [-0.39, 0.29) is 6.61 Å². The standard InChI is InChI=1S/C15H21N5O/c1-12-10-19(2)11-15(20(12)3)18-17-14-6-4-13(5-7-14)16-8-9-21/h4-7,10-11,16,21H,8-9H2,1-3H3. The molecule has 0 saturated carbocycles. The van der Waals surface area contributed by atoms with Crippen molar-refractivity contribution < 1.29 is 5.11 Å². The lowest BCUT2D eigenvalue weighted by Gasteiger charge is -2.26. The lowest BCUT2D eigenvalue weighted by atomic mass is 10.3. The van der Waals surface area contributed by atoms with Crippen molar-refractivity contribution in [2.45, 2.75) is 6.92 Å². The highest BCUT2D eigenvalue weighted by molar-refractivity contribution is 5.50. The highest BCUT2D eigenvalue weighted by atomic mass is 16.3. The van der Waals surface area contributed by atoms with Crippen LogP contribution in [0.4, 0.5) is 11.4 Å². The van der Waals surface area contributed by atoms with Crippen LogP contribution in [0.5, 0.6) is 0 Å². The fraction of sp³-hybridized carbons (Fsp3) is 0.333. The quantitative estimate of drug-likeness (QED) is 0.817. The molecule has 6 nitrogen and oxygen atoms in total. The number of aliphatic hydroxyl groups excluding tert-OH is 1. The molecule has 0 atom stereocenters. The number of nitrogens with zero attached hydrogens (tertiary/aromatic N) is 4. The van der Waals surface area contributed by atoms with Crippen molar-refractivity contribution in [1.29, 1.82) is 0 Å². The van der Waals surface area contributed by atoms with Gasteiger partial charge in [-0.25, -0.2) is 0 Å². The molecule has 1 aliphatic rings. The third kappa shape index (κ3) is 4.06. The third-order valence-corrected chi connectivity index (χ3v) is 3.16. The zero-order valence-electron chi connectivity index (χ0n) is 12.6. The average Bonchev–Trinajstić information content (AvgIpc) is 2.48. The van der Waals surface area contributed by atoms with Gasteiger partial charge in [-0.2, -0.15) is 0 Å². The number of hydrogen-bond donors (Lipinski definition) is 2. The van der Waals surface area contributed by atoms with E-state index in [4.69, 9.17) is 5.11 Å². The molecule has 1 aliphatic heterocycles. The van der Waals surface area contributed by atoms with E-state index in [1.807, 2.05) is 67.5 Å². The number of aliphatic hydroxyl groups is 1. The largest absolute Gasteiger partial charge is 0.395 e. The van der Waals surface area contributed by atoms with Crippen molar-refractivity contribution in [3.8, 4) is 0 Å². The summed E-state index contributed by atoms with van der Waals surface area (Å²) in [6, 6.07) is 7.61. The first-order chi connectivity index (χ1) is 10.1. The van der Waals surface area contributed by atoms with Crippen LogP contribution in [0.15, 0.2) is 58.4 Å². The summed E-state index contributed by atoms with van der Waals surface area (Å²) in [7, 11) is 3.93. The summed E-state index contributed by atoms with van der Waals surface area (Å²) in [6.07, 6.45) is 3.95.